The van der Waals surface area contributed by atoms with Gasteiger partial charge in [0.25, 0.3) is 0 Å². The standard InChI is InChI=1S/C16H18BrN3O/c1-12(21)20-6-4-19(5-7-20)11-14-10-18-9-13-2-3-15(17)8-16(13)14/h2-3,8-10H,4-7,11H2,1H3. The highest BCUT2D eigenvalue weighted by molar-refractivity contribution is 9.10. The molecule has 1 amide bonds. The van der Waals surface area contributed by atoms with Gasteiger partial charge in [0.15, 0.2) is 0 Å². The minimum atomic E-state index is 0.172. The minimum Gasteiger partial charge on any atom is -0.340 e. The Kier molecular flexibility index (Phi) is 4.22. The highest BCUT2D eigenvalue weighted by Crippen LogP contribution is 2.23. The number of hydrogen-bond acceptors (Lipinski definition) is 3. The Labute approximate surface area is 132 Å². The number of pyridine rings is 1. The van der Waals surface area contributed by atoms with Crippen LogP contribution in [0.2, 0.25) is 0 Å². The van der Waals surface area contributed by atoms with Crippen LogP contribution in [-0.4, -0.2) is 46.9 Å². The molecule has 2 aromatic rings. The van der Waals surface area contributed by atoms with E-state index in [9.17, 15) is 4.79 Å². The largest absolute Gasteiger partial charge is 0.340 e. The predicted octanol–water partition coefficient (Wildman–Crippen LogP) is 2.66. The molecular formula is C16H18BrN3O. The molecule has 4 nitrogen and oxygen atoms in total. The van der Waals surface area contributed by atoms with Gasteiger partial charge in [-0.05, 0) is 23.1 Å². The number of halogens is 1. The lowest BCUT2D eigenvalue weighted by Gasteiger charge is -2.34. The van der Waals surface area contributed by atoms with Crippen LogP contribution in [0.5, 0.6) is 0 Å². The van der Waals surface area contributed by atoms with Gasteiger partial charge in [-0.3, -0.25) is 14.7 Å². The molecule has 0 saturated carbocycles. The maximum absolute atomic E-state index is 11.4. The number of aromatic nitrogens is 1. The Morgan fingerprint density at radius 2 is 2.00 bits per heavy atom. The number of benzene rings is 1. The van der Waals surface area contributed by atoms with Gasteiger partial charge in [0, 0.05) is 61.9 Å². The molecule has 5 heteroatoms. The van der Waals surface area contributed by atoms with Gasteiger partial charge in [-0.25, -0.2) is 0 Å². The molecule has 1 aliphatic rings. The second-order valence-electron chi connectivity index (χ2n) is 5.45. The van der Waals surface area contributed by atoms with E-state index in [1.54, 1.807) is 6.92 Å². The molecule has 3 rings (SSSR count). The molecule has 0 spiro atoms. The molecule has 1 aromatic carbocycles. The van der Waals surface area contributed by atoms with Gasteiger partial charge in [-0.2, -0.15) is 0 Å². The lowest BCUT2D eigenvalue weighted by atomic mass is 10.1. The highest BCUT2D eigenvalue weighted by Gasteiger charge is 2.19. The second-order valence-corrected chi connectivity index (χ2v) is 6.36. The summed E-state index contributed by atoms with van der Waals surface area (Å²) in [5, 5.41) is 2.41. The van der Waals surface area contributed by atoms with Gasteiger partial charge in [-0.1, -0.05) is 22.0 Å². The van der Waals surface area contributed by atoms with E-state index >= 15 is 0 Å². The topological polar surface area (TPSA) is 36.4 Å². The van der Waals surface area contributed by atoms with Crippen LogP contribution in [0.1, 0.15) is 12.5 Å². The molecule has 21 heavy (non-hydrogen) atoms. The molecule has 1 fully saturated rings. The van der Waals surface area contributed by atoms with Crippen LogP contribution < -0.4 is 0 Å². The molecule has 2 heterocycles. The zero-order chi connectivity index (χ0) is 14.8. The van der Waals surface area contributed by atoms with Crippen LogP contribution in [-0.2, 0) is 11.3 Å². The van der Waals surface area contributed by atoms with Crippen molar-refractivity contribution in [2.24, 2.45) is 0 Å². The first-order valence-corrected chi connectivity index (χ1v) is 7.93. The van der Waals surface area contributed by atoms with Crippen molar-refractivity contribution in [1.82, 2.24) is 14.8 Å². The first kappa shape index (κ1) is 14.5. The number of fused-ring (bicyclic) bond motifs is 1. The van der Waals surface area contributed by atoms with Gasteiger partial charge < -0.3 is 4.90 Å². The molecule has 0 atom stereocenters. The van der Waals surface area contributed by atoms with E-state index in [0.29, 0.717) is 0 Å². The molecule has 1 aliphatic heterocycles. The second kappa shape index (κ2) is 6.12. The van der Waals surface area contributed by atoms with E-state index in [2.05, 4.69) is 37.9 Å². The van der Waals surface area contributed by atoms with E-state index in [-0.39, 0.29) is 5.91 Å². The lowest BCUT2D eigenvalue weighted by molar-refractivity contribution is -0.130. The highest BCUT2D eigenvalue weighted by atomic mass is 79.9. The molecule has 1 saturated heterocycles. The maximum atomic E-state index is 11.4. The van der Waals surface area contributed by atoms with E-state index in [0.717, 1.165) is 42.6 Å². The molecule has 0 N–H and O–H groups in total. The van der Waals surface area contributed by atoms with Crippen molar-refractivity contribution in [3.05, 3.63) is 40.6 Å². The fourth-order valence-corrected chi connectivity index (χ4v) is 3.15. The maximum Gasteiger partial charge on any atom is 0.219 e. The van der Waals surface area contributed by atoms with E-state index < -0.39 is 0 Å². The van der Waals surface area contributed by atoms with E-state index in [1.807, 2.05) is 23.4 Å². The van der Waals surface area contributed by atoms with Crippen molar-refractivity contribution >= 4 is 32.6 Å². The third kappa shape index (κ3) is 3.24. The normalized spacial score (nSPS) is 16.4. The summed E-state index contributed by atoms with van der Waals surface area (Å²) < 4.78 is 1.09. The Bertz CT molecular complexity index is 666. The van der Waals surface area contributed by atoms with E-state index in [4.69, 9.17) is 0 Å². The summed E-state index contributed by atoms with van der Waals surface area (Å²) in [7, 11) is 0. The average molecular weight is 348 g/mol. The van der Waals surface area contributed by atoms with Gasteiger partial charge in [0.05, 0.1) is 0 Å². The Hall–Kier alpha value is -1.46. The van der Waals surface area contributed by atoms with Crippen LogP contribution in [0, 0.1) is 0 Å². The van der Waals surface area contributed by atoms with Crippen LogP contribution >= 0.6 is 15.9 Å². The minimum absolute atomic E-state index is 0.172. The van der Waals surface area contributed by atoms with Crippen LogP contribution in [0.25, 0.3) is 10.8 Å². The van der Waals surface area contributed by atoms with Gasteiger partial charge in [0.1, 0.15) is 0 Å². The summed E-state index contributed by atoms with van der Waals surface area (Å²) in [6.07, 6.45) is 3.85. The quantitative estimate of drug-likeness (QED) is 0.837. The first-order valence-electron chi connectivity index (χ1n) is 7.13. The first-order chi connectivity index (χ1) is 10.1. The number of carbonyl (C=O) groups excluding carboxylic acids is 1. The number of nitrogens with zero attached hydrogens (tertiary/aromatic N) is 3. The number of amides is 1. The summed E-state index contributed by atoms with van der Waals surface area (Å²) in [6.45, 7) is 6.00. The predicted molar refractivity (Wildman–Crippen MR) is 87.0 cm³/mol. The van der Waals surface area contributed by atoms with Crippen molar-refractivity contribution in [3.63, 3.8) is 0 Å². The van der Waals surface area contributed by atoms with Crippen molar-refractivity contribution in [2.75, 3.05) is 26.2 Å². The number of rotatable bonds is 2. The van der Waals surface area contributed by atoms with Crippen molar-refractivity contribution in [3.8, 4) is 0 Å². The number of piperazine rings is 1. The van der Waals surface area contributed by atoms with Crippen molar-refractivity contribution in [2.45, 2.75) is 13.5 Å². The number of hydrogen-bond donors (Lipinski definition) is 0. The zero-order valence-electron chi connectivity index (χ0n) is 12.1. The Morgan fingerprint density at radius 1 is 1.24 bits per heavy atom. The van der Waals surface area contributed by atoms with Gasteiger partial charge >= 0.3 is 0 Å². The lowest BCUT2D eigenvalue weighted by Crippen LogP contribution is -2.47. The summed E-state index contributed by atoms with van der Waals surface area (Å²) in [5.74, 6) is 0.172. The van der Waals surface area contributed by atoms with Crippen molar-refractivity contribution in [1.29, 1.82) is 0 Å². The third-order valence-electron chi connectivity index (χ3n) is 4.02. The smallest absolute Gasteiger partial charge is 0.219 e. The van der Waals surface area contributed by atoms with Crippen molar-refractivity contribution < 1.29 is 4.79 Å². The molecule has 0 aliphatic carbocycles. The molecule has 110 valence electrons. The van der Waals surface area contributed by atoms with Crippen LogP contribution in [0.3, 0.4) is 0 Å². The monoisotopic (exact) mass is 347 g/mol. The molecule has 0 bridgehead atoms. The summed E-state index contributed by atoms with van der Waals surface area (Å²) >= 11 is 3.54. The van der Waals surface area contributed by atoms with E-state index in [1.165, 1.54) is 10.9 Å². The number of carbonyl (C=O) groups is 1. The third-order valence-corrected chi connectivity index (χ3v) is 4.51. The van der Waals surface area contributed by atoms with Gasteiger partial charge in [0.2, 0.25) is 5.91 Å². The zero-order valence-corrected chi connectivity index (χ0v) is 13.6. The fraction of sp³-hybridized carbons (Fsp3) is 0.375. The Morgan fingerprint density at radius 3 is 2.71 bits per heavy atom. The average Bonchev–Trinajstić information content (AvgIpc) is 2.48. The molecule has 1 aromatic heterocycles. The Balaban J connectivity index is 1.77. The molecule has 0 unspecified atom stereocenters. The molecular weight excluding hydrogens is 330 g/mol. The molecule has 0 radical (unpaired) electrons. The van der Waals surface area contributed by atoms with Crippen LogP contribution in [0.4, 0.5) is 0 Å². The fourth-order valence-electron chi connectivity index (χ4n) is 2.78. The SMILES string of the molecule is CC(=O)N1CCN(Cc2cncc3ccc(Br)cc23)CC1. The summed E-state index contributed by atoms with van der Waals surface area (Å²) in [6, 6.07) is 6.28. The summed E-state index contributed by atoms with van der Waals surface area (Å²) in [4.78, 5) is 20.0. The van der Waals surface area contributed by atoms with Crippen LogP contribution in [0.15, 0.2) is 35.1 Å². The van der Waals surface area contributed by atoms with Gasteiger partial charge in [-0.15, -0.1) is 0 Å². The summed E-state index contributed by atoms with van der Waals surface area (Å²) in [5.41, 5.74) is 1.24.